The monoisotopic (exact) mass is 229 g/mol. The summed E-state index contributed by atoms with van der Waals surface area (Å²) in [5.41, 5.74) is 0.484. The smallest absolute Gasteiger partial charge is 0.276 e. The molecule has 0 aliphatic rings. The van der Waals surface area contributed by atoms with Gasteiger partial charge in [-0.15, -0.1) is 0 Å². The minimum absolute atomic E-state index is 0.484. The molecule has 0 saturated carbocycles. The molecule has 82 valence electrons. The van der Waals surface area contributed by atoms with E-state index in [0.29, 0.717) is 5.69 Å². The van der Waals surface area contributed by atoms with Crippen LogP contribution in [0, 0.1) is 0 Å². The zero-order valence-corrected chi connectivity index (χ0v) is 8.86. The van der Waals surface area contributed by atoms with Gasteiger partial charge in [0.25, 0.3) is 10.1 Å². The zero-order chi connectivity index (χ0) is 11.5. The van der Waals surface area contributed by atoms with Crippen LogP contribution in [0.5, 0.6) is 0 Å². The highest BCUT2D eigenvalue weighted by atomic mass is 32.2. The minimum atomic E-state index is -4.33. The summed E-state index contributed by atoms with van der Waals surface area (Å²) < 4.78 is 30.0. The number of anilines is 1. The molecular formula is C9H11NO4S. The predicted octanol–water partition coefficient (Wildman–Crippen LogP) is 0.901. The molecule has 0 aliphatic heterocycles. The first-order chi connectivity index (χ1) is 6.91. The van der Waals surface area contributed by atoms with Gasteiger partial charge >= 0.3 is 0 Å². The van der Waals surface area contributed by atoms with Crippen molar-refractivity contribution in [3.63, 3.8) is 0 Å². The number of carbonyl (C=O) groups excluding carboxylic acids is 1. The van der Waals surface area contributed by atoms with E-state index in [0.717, 1.165) is 6.92 Å². The second-order valence-corrected chi connectivity index (χ2v) is 4.75. The quantitative estimate of drug-likeness (QED) is 0.754. The van der Waals surface area contributed by atoms with Crippen LogP contribution in [0.1, 0.15) is 6.92 Å². The van der Waals surface area contributed by atoms with Gasteiger partial charge in [0.05, 0.1) is 0 Å². The third-order valence-corrected chi connectivity index (χ3v) is 2.96. The Bertz CT molecular complexity index is 440. The van der Waals surface area contributed by atoms with Crippen molar-refractivity contribution >= 4 is 21.7 Å². The average molecular weight is 229 g/mol. The lowest BCUT2D eigenvalue weighted by atomic mass is 10.3. The Morgan fingerprint density at radius 3 is 2.33 bits per heavy atom. The van der Waals surface area contributed by atoms with Gasteiger partial charge in [-0.1, -0.05) is 18.2 Å². The van der Waals surface area contributed by atoms with Crippen LogP contribution < -0.4 is 5.32 Å². The summed E-state index contributed by atoms with van der Waals surface area (Å²) in [4.78, 5) is 11.3. The number of benzene rings is 1. The number of rotatable bonds is 3. The first-order valence-corrected chi connectivity index (χ1v) is 5.74. The SMILES string of the molecule is CC(C(=O)Nc1ccccc1)S(=O)(=O)O. The lowest BCUT2D eigenvalue weighted by Gasteiger charge is -2.08. The van der Waals surface area contributed by atoms with Crippen LogP contribution in [-0.4, -0.2) is 24.1 Å². The van der Waals surface area contributed by atoms with Crippen molar-refractivity contribution in [1.29, 1.82) is 0 Å². The summed E-state index contributed by atoms with van der Waals surface area (Å²) in [6.45, 7) is 1.12. The maximum absolute atomic E-state index is 11.3. The Morgan fingerprint density at radius 2 is 1.87 bits per heavy atom. The third kappa shape index (κ3) is 3.34. The van der Waals surface area contributed by atoms with Gasteiger partial charge in [0.1, 0.15) is 0 Å². The molecule has 15 heavy (non-hydrogen) atoms. The summed E-state index contributed by atoms with van der Waals surface area (Å²) >= 11 is 0. The number of nitrogens with one attached hydrogen (secondary N) is 1. The van der Waals surface area contributed by atoms with E-state index in [4.69, 9.17) is 4.55 Å². The molecule has 0 fully saturated rings. The summed E-state index contributed by atoms with van der Waals surface area (Å²) in [6.07, 6.45) is 0. The minimum Gasteiger partial charge on any atom is -0.325 e. The molecule has 1 amide bonds. The van der Waals surface area contributed by atoms with E-state index in [9.17, 15) is 13.2 Å². The van der Waals surface area contributed by atoms with Gasteiger partial charge in [-0.25, -0.2) is 0 Å². The van der Waals surface area contributed by atoms with Gasteiger partial charge in [-0.05, 0) is 19.1 Å². The number of para-hydroxylation sites is 1. The van der Waals surface area contributed by atoms with Crippen LogP contribution in [0.15, 0.2) is 30.3 Å². The Labute approximate surface area is 87.9 Å². The van der Waals surface area contributed by atoms with E-state index in [2.05, 4.69) is 5.32 Å². The summed E-state index contributed by atoms with van der Waals surface area (Å²) in [6, 6.07) is 8.41. The highest BCUT2D eigenvalue weighted by Crippen LogP contribution is 2.07. The van der Waals surface area contributed by atoms with Crippen molar-refractivity contribution < 1.29 is 17.8 Å². The van der Waals surface area contributed by atoms with Crippen LogP contribution in [0.2, 0.25) is 0 Å². The molecule has 1 unspecified atom stereocenters. The Morgan fingerprint density at radius 1 is 1.33 bits per heavy atom. The van der Waals surface area contributed by atoms with E-state index in [-0.39, 0.29) is 0 Å². The van der Waals surface area contributed by atoms with Crippen LogP contribution >= 0.6 is 0 Å². The van der Waals surface area contributed by atoms with Crippen molar-refractivity contribution in [2.45, 2.75) is 12.2 Å². The Hall–Kier alpha value is -1.40. The maximum atomic E-state index is 11.3. The normalized spacial score (nSPS) is 13.2. The van der Waals surface area contributed by atoms with Gasteiger partial charge in [-0.2, -0.15) is 8.42 Å². The lowest BCUT2D eigenvalue weighted by molar-refractivity contribution is -0.115. The van der Waals surface area contributed by atoms with Crippen molar-refractivity contribution in [3.8, 4) is 0 Å². The van der Waals surface area contributed by atoms with Crippen LogP contribution in [0.25, 0.3) is 0 Å². The van der Waals surface area contributed by atoms with E-state index >= 15 is 0 Å². The number of hydrogen-bond donors (Lipinski definition) is 2. The highest BCUT2D eigenvalue weighted by molar-refractivity contribution is 7.87. The summed E-state index contributed by atoms with van der Waals surface area (Å²) in [5, 5.41) is 0.896. The molecule has 0 aliphatic carbocycles. The zero-order valence-electron chi connectivity index (χ0n) is 8.04. The second kappa shape index (κ2) is 4.41. The molecule has 5 nitrogen and oxygen atoms in total. The van der Waals surface area contributed by atoms with Crippen LogP contribution in [0.4, 0.5) is 5.69 Å². The lowest BCUT2D eigenvalue weighted by Crippen LogP contribution is -2.32. The molecule has 0 bridgehead atoms. The topological polar surface area (TPSA) is 83.5 Å². The van der Waals surface area contributed by atoms with E-state index < -0.39 is 21.3 Å². The molecular weight excluding hydrogens is 218 g/mol. The first-order valence-electron chi connectivity index (χ1n) is 4.23. The molecule has 2 N–H and O–H groups in total. The largest absolute Gasteiger partial charge is 0.325 e. The molecule has 0 spiro atoms. The highest BCUT2D eigenvalue weighted by Gasteiger charge is 2.25. The molecule has 1 rings (SSSR count). The molecule has 0 radical (unpaired) electrons. The van der Waals surface area contributed by atoms with Gasteiger partial charge < -0.3 is 5.32 Å². The van der Waals surface area contributed by atoms with Crippen molar-refractivity contribution in [2.24, 2.45) is 0 Å². The fourth-order valence-electron chi connectivity index (χ4n) is 0.901. The average Bonchev–Trinajstić information content (AvgIpc) is 2.16. The molecule has 1 atom stereocenters. The summed E-state index contributed by atoms with van der Waals surface area (Å²) in [7, 11) is -4.33. The number of carbonyl (C=O) groups is 1. The Balaban J connectivity index is 2.73. The van der Waals surface area contributed by atoms with Crippen molar-refractivity contribution in [2.75, 3.05) is 5.32 Å². The molecule has 0 aromatic heterocycles. The first kappa shape index (κ1) is 11.7. The van der Waals surface area contributed by atoms with E-state index in [1.165, 1.54) is 0 Å². The number of hydrogen-bond acceptors (Lipinski definition) is 3. The fraction of sp³-hybridized carbons (Fsp3) is 0.222. The van der Waals surface area contributed by atoms with Crippen molar-refractivity contribution in [1.82, 2.24) is 0 Å². The van der Waals surface area contributed by atoms with Gasteiger partial charge in [0, 0.05) is 5.69 Å². The fourth-order valence-corrected chi connectivity index (χ4v) is 1.23. The maximum Gasteiger partial charge on any atom is 0.276 e. The van der Waals surface area contributed by atoms with Crippen LogP contribution in [0.3, 0.4) is 0 Å². The third-order valence-electron chi connectivity index (χ3n) is 1.86. The van der Waals surface area contributed by atoms with Gasteiger partial charge in [0.2, 0.25) is 5.91 Å². The molecule has 0 saturated heterocycles. The predicted molar refractivity (Wildman–Crippen MR) is 56.1 cm³/mol. The van der Waals surface area contributed by atoms with Crippen LogP contribution in [-0.2, 0) is 14.9 Å². The van der Waals surface area contributed by atoms with Gasteiger partial charge in [-0.3, -0.25) is 9.35 Å². The second-order valence-electron chi connectivity index (χ2n) is 3.01. The molecule has 0 heterocycles. The van der Waals surface area contributed by atoms with Crippen molar-refractivity contribution in [3.05, 3.63) is 30.3 Å². The number of amides is 1. The Kier molecular flexibility index (Phi) is 3.43. The van der Waals surface area contributed by atoms with Gasteiger partial charge in [0.15, 0.2) is 5.25 Å². The molecule has 1 aromatic carbocycles. The molecule has 1 aromatic rings. The van der Waals surface area contributed by atoms with E-state index in [1.807, 2.05) is 0 Å². The van der Waals surface area contributed by atoms with E-state index in [1.54, 1.807) is 30.3 Å². The standard InChI is InChI=1S/C9H11NO4S/c1-7(15(12,13)14)9(11)10-8-5-3-2-4-6-8/h2-7H,1H3,(H,10,11)(H,12,13,14). The molecule has 6 heteroatoms. The summed E-state index contributed by atoms with van der Waals surface area (Å²) in [5.74, 6) is -0.760.